The van der Waals surface area contributed by atoms with Crippen LogP contribution >= 0.6 is 11.8 Å². The van der Waals surface area contributed by atoms with Gasteiger partial charge < -0.3 is 20.6 Å². The van der Waals surface area contributed by atoms with Crippen molar-refractivity contribution in [3.63, 3.8) is 0 Å². The van der Waals surface area contributed by atoms with Crippen molar-refractivity contribution in [2.75, 3.05) is 37.6 Å². The van der Waals surface area contributed by atoms with Crippen molar-refractivity contribution in [1.82, 2.24) is 4.90 Å². The lowest BCUT2D eigenvalue weighted by Crippen LogP contribution is -2.43. The number of fused-ring (bicyclic) bond motifs is 2. The van der Waals surface area contributed by atoms with E-state index >= 15 is 0 Å². The maximum absolute atomic E-state index is 13.3. The Hall–Kier alpha value is -1.74. The molecule has 2 aromatic rings. The standard InChI is InChI=1S/C22H26F3N3OS.C2H6/c23-22(24,25)16-5-6-21-19(11-16)28(18-3-1-2-4-20(18)30-21)14-17(29)13-27-9-7-15(12-26)8-10-27;1-2/h1-6,11,15,17,29H,7-10,12-14,26H2;1-2H3. The zero-order chi connectivity index (χ0) is 23.3. The average molecular weight is 468 g/mol. The summed E-state index contributed by atoms with van der Waals surface area (Å²) in [6.45, 7) is 7.21. The summed E-state index contributed by atoms with van der Waals surface area (Å²) in [5.74, 6) is 0.539. The molecule has 0 aliphatic carbocycles. The van der Waals surface area contributed by atoms with Crippen molar-refractivity contribution in [1.29, 1.82) is 0 Å². The topological polar surface area (TPSA) is 52.7 Å². The Kier molecular flexibility index (Phi) is 8.49. The average Bonchev–Trinajstić information content (AvgIpc) is 2.80. The summed E-state index contributed by atoms with van der Waals surface area (Å²) < 4.78 is 40.0. The van der Waals surface area contributed by atoms with Crippen LogP contribution in [0.15, 0.2) is 52.3 Å². The smallest absolute Gasteiger partial charge is 0.390 e. The maximum Gasteiger partial charge on any atom is 0.416 e. The zero-order valence-electron chi connectivity index (χ0n) is 18.6. The van der Waals surface area contributed by atoms with Gasteiger partial charge in [0, 0.05) is 16.3 Å². The molecule has 0 radical (unpaired) electrons. The molecule has 4 rings (SSSR count). The summed E-state index contributed by atoms with van der Waals surface area (Å²) in [5.41, 5.74) is 6.40. The summed E-state index contributed by atoms with van der Waals surface area (Å²) in [6, 6.07) is 11.5. The lowest BCUT2D eigenvalue weighted by molar-refractivity contribution is -0.137. The van der Waals surface area contributed by atoms with E-state index in [2.05, 4.69) is 4.90 Å². The number of aliphatic hydroxyl groups is 1. The zero-order valence-corrected chi connectivity index (χ0v) is 19.4. The number of alkyl halides is 3. The lowest BCUT2D eigenvalue weighted by atomic mass is 9.97. The number of aliphatic hydroxyl groups excluding tert-OH is 1. The van der Waals surface area contributed by atoms with E-state index in [-0.39, 0.29) is 6.54 Å². The predicted molar refractivity (Wildman–Crippen MR) is 125 cm³/mol. The van der Waals surface area contributed by atoms with Crippen molar-refractivity contribution in [3.8, 4) is 0 Å². The largest absolute Gasteiger partial charge is 0.416 e. The number of hydrogen-bond donors (Lipinski definition) is 2. The van der Waals surface area contributed by atoms with E-state index < -0.39 is 17.8 Å². The fourth-order valence-corrected chi connectivity index (χ4v) is 5.25. The van der Waals surface area contributed by atoms with Crippen LogP contribution in [-0.4, -0.2) is 48.8 Å². The van der Waals surface area contributed by atoms with Crippen LogP contribution in [0.2, 0.25) is 0 Å². The van der Waals surface area contributed by atoms with Crippen LogP contribution < -0.4 is 10.6 Å². The molecule has 1 fully saturated rings. The molecule has 2 aromatic carbocycles. The minimum absolute atomic E-state index is 0.239. The second-order valence-corrected chi connectivity index (χ2v) is 9.08. The Morgan fingerprint density at radius 2 is 1.69 bits per heavy atom. The third-order valence-corrected chi connectivity index (χ3v) is 6.99. The summed E-state index contributed by atoms with van der Waals surface area (Å²) in [4.78, 5) is 5.78. The highest BCUT2D eigenvalue weighted by Crippen LogP contribution is 2.49. The Balaban J connectivity index is 0.00000141. The highest BCUT2D eigenvalue weighted by atomic mass is 32.2. The fraction of sp³-hybridized carbons (Fsp3) is 0.500. The molecule has 4 nitrogen and oxygen atoms in total. The molecule has 0 aromatic heterocycles. The van der Waals surface area contributed by atoms with E-state index in [0.717, 1.165) is 47.5 Å². The first-order chi connectivity index (χ1) is 15.3. The fourth-order valence-electron chi connectivity index (χ4n) is 4.17. The van der Waals surface area contributed by atoms with Crippen molar-refractivity contribution in [2.24, 2.45) is 11.7 Å². The first kappa shape index (κ1) is 24.9. The number of hydrogen-bond acceptors (Lipinski definition) is 5. The van der Waals surface area contributed by atoms with Crippen molar-refractivity contribution in [3.05, 3.63) is 48.0 Å². The van der Waals surface area contributed by atoms with Crippen molar-refractivity contribution < 1.29 is 18.3 Å². The summed E-state index contributed by atoms with van der Waals surface area (Å²) in [7, 11) is 0. The van der Waals surface area contributed by atoms with Gasteiger partial charge in [0.1, 0.15) is 0 Å². The second kappa shape index (κ2) is 10.9. The molecule has 0 saturated carbocycles. The Morgan fingerprint density at radius 1 is 1.03 bits per heavy atom. The molecule has 0 amide bonds. The molecule has 3 N–H and O–H groups in total. The molecule has 1 unspecified atom stereocenters. The number of nitrogens with two attached hydrogens (primary N) is 1. The number of likely N-dealkylation sites (tertiary alicyclic amines) is 1. The number of anilines is 2. The van der Waals surface area contributed by atoms with E-state index in [1.54, 1.807) is 0 Å². The predicted octanol–water partition coefficient (Wildman–Crippen LogP) is 5.37. The molecule has 2 aliphatic rings. The van der Waals surface area contributed by atoms with Gasteiger partial charge >= 0.3 is 6.18 Å². The van der Waals surface area contributed by atoms with Gasteiger partial charge in [0.15, 0.2) is 0 Å². The second-order valence-electron chi connectivity index (χ2n) is 7.99. The molecule has 176 valence electrons. The van der Waals surface area contributed by atoms with Crippen LogP contribution in [0.5, 0.6) is 0 Å². The van der Waals surface area contributed by atoms with Gasteiger partial charge in [0.25, 0.3) is 0 Å². The van der Waals surface area contributed by atoms with Gasteiger partial charge in [-0.25, -0.2) is 0 Å². The lowest BCUT2D eigenvalue weighted by Gasteiger charge is -2.37. The van der Waals surface area contributed by atoms with E-state index in [9.17, 15) is 18.3 Å². The molecule has 0 spiro atoms. The molecular formula is C24H32F3N3OS. The van der Waals surface area contributed by atoms with Crippen LogP contribution in [0.3, 0.4) is 0 Å². The quantitative estimate of drug-likeness (QED) is 0.620. The SMILES string of the molecule is CC.NCC1CCN(CC(O)CN2c3ccccc3Sc3ccc(C(F)(F)F)cc32)CC1. The van der Waals surface area contributed by atoms with Crippen LogP contribution in [0.25, 0.3) is 0 Å². The normalized spacial score (nSPS) is 17.8. The summed E-state index contributed by atoms with van der Waals surface area (Å²) >= 11 is 1.46. The molecule has 1 atom stereocenters. The molecule has 8 heteroatoms. The number of para-hydroxylation sites is 1. The highest BCUT2D eigenvalue weighted by molar-refractivity contribution is 7.99. The van der Waals surface area contributed by atoms with Crippen molar-refractivity contribution >= 4 is 23.1 Å². The Labute approximate surface area is 192 Å². The third kappa shape index (κ3) is 5.78. The van der Waals surface area contributed by atoms with E-state index in [4.69, 9.17) is 5.73 Å². The molecule has 2 heterocycles. The van der Waals surface area contributed by atoms with Gasteiger partial charge in [-0.1, -0.05) is 37.7 Å². The van der Waals surface area contributed by atoms with E-state index in [1.807, 2.05) is 43.0 Å². The van der Waals surface area contributed by atoms with Gasteiger partial charge in [-0.2, -0.15) is 13.2 Å². The van der Waals surface area contributed by atoms with E-state index in [0.29, 0.717) is 24.7 Å². The van der Waals surface area contributed by atoms with Crippen LogP contribution in [-0.2, 0) is 6.18 Å². The number of rotatable bonds is 5. The van der Waals surface area contributed by atoms with Gasteiger partial charge in [0.05, 0.1) is 29.6 Å². The number of nitrogens with zero attached hydrogens (tertiary/aromatic N) is 2. The molecule has 2 aliphatic heterocycles. The van der Waals surface area contributed by atoms with E-state index in [1.165, 1.54) is 23.9 Å². The van der Waals surface area contributed by atoms with Crippen LogP contribution in [0, 0.1) is 5.92 Å². The van der Waals surface area contributed by atoms with Crippen LogP contribution in [0.1, 0.15) is 32.3 Å². The minimum Gasteiger partial charge on any atom is -0.390 e. The Morgan fingerprint density at radius 3 is 2.34 bits per heavy atom. The first-order valence-electron chi connectivity index (χ1n) is 11.2. The number of benzene rings is 2. The Bertz CT molecular complexity index is 885. The maximum atomic E-state index is 13.3. The third-order valence-electron chi connectivity index (χ3n) is 5.86. The number of halogens is 3. The summed E-state index contributed by atoms with van der Waals surface area (Å²) in [5, 5.41) is 10.8. The van der Waals surface area contributed by atoms with Gasteiger partial charge in [-0.15, -0.1) is 0 Å². The van der Waals surface area contributed by atoms with Crippen molar-refractivity contribution in [2.45, 2.75) is 48.8 Å². The van der Waals surface area contributed by atoms with Crippen LogP contribution in [0.4, 0.5) is 24.5 Å². The highest BCUT2D eigenvalue weighted by Gasteiger charge is 2.34. The molecular weight excluding hydrogens is 435 g/mol. The molecule has 0 bridgehead atoms. The molecule has 1 saturated heterocycles. The molecule has 32 heavy (non-hydrogen) atoms. The van der Waals surface area contributed by atoms with Gasteiger partial charge in [0.2, 0.25) is 0 Å². The number of piperidine rings is 1. The van der Waals surface area contributed by atoms with Gasteiger partial charge in [-0.3, -0.25) is 0 Å². The minimum atomic E-state index is -4.41. The monoisotopic (exact) mass is 467 g/mol. The summed E-state index contributed by atoms with van der Waals surface area (Å²) in [6.07, 6.45) is -3.05. The number of β-amino-alcohol motifs (C(OH)–C–C–N with tert-alkyl or cyclic N) is 1. The first-order valence-corrected chi connectivity index (χ1v) is 12.0. The van der Waals surface area contributed by atoms with Gasteiger partial charge in [-0.05, 0) is 68.7 Å².